The number of hydrogen-bond acceptors (Lipinski definition) is 1. The molecule has 1 aromatic carbocycles. The Morgan fingerprint density at radius 3 is 1.69 bits per heavy atom. The van der Waals surface area contributed by atoms with Gasteiger partial charge in [0.25, 0.3) is 0 Å². The maximum atomic E-state index is 11.9. The van der Waals surface area contributed by atoms with Crippen LogP contribution in [0, 0.1) is 5.92 Å². The number of para-hydroxylation sites is 1. The van der Waals surface area contributed by atoms with Crippen molar-refractivity contribution in [1.29, 1.82) is 0 Å². The molecule has 35 heavy (non-hydrogen) atoms. The summed E-state index contributed by atoms with van der Waals surface area (Å²) in [6.07, 6.45) is 26.9. The molecule has 0 aliphatic carbocycles. The van der Waals surface area contributed by atoms with Gasteiger partial charge in [-0.2, -0.15) is 4.57 Å². The van der Waals surface area contributed by atoms with Crippen LogP contribution >= 0.6 is 0 Å². The van der Waals surface area contributed by atoms with Crippen LogP contribution in [0.25, 0.3) is 5.69 Å². The second kappa shape index (κ2) is 19.1. The lowest BCUT2D eigenvalue weighted by atomic mass is 9.92. The average molecular weight is 481 g/mol. The number of aliphatic carboxylic acids is 1. The van der Waals surface area contributed by atoms with E-state index in [9.17, 15) is 9.90 Å². The van der Waals surface area contributed by atoms with Gasteiger partial charge in [0.15, 0.2) is 12.4 Å². The summed E-state index contributed by atoms with van der Waals surface area (Å²) in [5, 5.41) is 9.81. The number of carbonyl (C=O) groups is 1. The second-order valence-electron chi connectivity index (χ2n) is 10.2. The molecule has 1 unspecified atom stereocenters. The molecule has 0 amide bonds. The highest BCUT2D eigenvalue weighted by atomic mass is 16.4. The molecule has 0 aliphatic rings. The second-order valence-corrected chi connectivity index (χ2v) is 10.2. The Balaban J connectivity index is 1.54. The average Bonchev–Trinajstić information content (AvgIpc) is 2.88. The number of benzene rings is 1. The van der Waals surface area contributed by atoms with Crippen LogP contribution in [-0.4, -0.2) is 11.1 Å². The van der Waals surface area contributed by atoms with Gasteiger partial charge in [0.2, 0.25) is 5.69 Å². The molecule has 1 N–H and O–H groups in total. The van der Waals surface area contributed by atoms with Crippen molar-refractivity contribution in [2.24, 2.45) is 5.92 Å². The van der Waals surface area contributed by atoms with Crippen LogP contribution in [0.4, 0.5) is 0 Å². The number of carboxylic acid groups (broad SMARTS) is 1. The molecule has 1 aromatic heterocycles. The van der Waals surface area contributed by atoms with Crippen LogP contribution in [0.2, 0.25) is 0 Å². The molecule has 0 aliphatic heterocycles. The summed E-state index contributed by atoms with van der Waals surface area (Å²) in [5.41, 5.74) is 2.18. The number of pyridine rings is 1. The number of rotatable bonds is 21. The maximum Gasteiger partial charge on any atom is 0.306 e. The largest absolute Gasteiger partial charge is 0.481 e. The highest BCUT2D eigenvalue weighted by Crippen LogP contribution is 2.20. The summed E-state index contributed by atoms with van der Waals surface area (Å²) in [5.74, 6) is -0.981. The summed E-state index contributed by atoms with van der Waals surface area (Å²) in [6, 6.07) is 14.2. The number of unbranched alkanes of at least 4 members (excludes halogenated alkanes) is 15. The van der Waals surface area contributed by atoms with Crippen LogP contribution in [0.1, 0.15) is 122 Å². The van der Waals surface area contributed by atoms with Crippen molar-refractivity contribution >= 4 is 5.97 Å². The van der Waals surface area contributed by atoms with E-state index in [1.165, 1.54) is 89.9 Å². The van der Waals surface area contributed by atoms with E-state index in [4.69, 9.17) is 0 Å². The summed E-state index contributed by atoms with van der Waals surface area (Å²) in [4.78, 5) is 11.9. The van der Waals surface area contributed by atoms with Gasteiger partial charge >= 0.3 is 5.97 Å². The lowest BCUT2D eigenvalue weighted by molar-refractivity contribution is -0.596. The fourth-order valence-electron chi connectivity index (χ4n) is 5.01. The van der Waals surface area contributed by atoms with Crippen LogP contribution in [0.3, 0.4) is 0 Å². The molecule has 0 spiro atoms. The van der Waals surface area contributed by atoms with E-state index in [1.54, 1.807) is 0 Å². The molecule has 2 aromatic rings. The minimum absolute atomic E-state index is 0.313. The first kappa shape index (κ1) is 29.1. The van der Waals surface area contributed by atoms with Gasteiger partial charge in [-0.1, -0.05) is 134 Å². The quantitative estimate of drug-likeness (QED) is 0.143. The van der Waals surface area contributed by atoms with E-state index in [0.717, 1.165) is 30.5 Å². The Labute approximate surface area is 215 Å². The third kappa shape index (κ3) is 12.9. The highest BCUT2D eigenvalue weighted by molar-refractivity contribution is 5.70. The Bertz CT molecular complexity index is 789. The van der Waals surface area contributed by atoms with E-state index in [1.807, 2.05) is 42.7 Å². The van der Waals surface area contributed by atoms with Crippen molar-refractivity contribution in [3.8, 4) is 5.69 Å². The molecule has 0 saturated heterocycles. The molecule has 2 rings (SSSR count). The molecule has 0 bridgehead atoms. The fraction of sp³-hybridized carbons (Fsp3) is 0.625. The number of hydrogen-bond donors (Lipinski definition) is 1. The third-order valence-electron chi connectivity index (χ3n) is 7.21. The van der Waals surface area contributed by atoms with Gasteiger partial charge in [-0.05, 0) is 12.8 Å². The molecule has 0 saturated carbocycles. The zero-order chi connectivity index (χ0) is 25.0. The number of aromatic nitrogens is 1. The van der Waals surface area contributed by atoms with Crippen molar-refractivity contribution in [3.63, 3.8) is 0 Å². The van der Waals surface area contributed by atoms with Crippen LogP contribution in [0.5, 0.6) is 0 Å². The predicted octanol–water partition coefficient (Wildman–Crippen LogP) is 8.86. The van der Waals surface area contributed by atoms with Crippen LogP contribution in [-0.2, 0) is 11.2 Å². The van der Waals surface area contributed by atoms with Gasteiger partial charge in [-0.15, -0.1) is 0 Å². The molecule has 0 fully saturated rings. The minimum Gasteiger partial charge on any atom is -0.481 e. The molecule has 1 atom stereocenters. The van der Waals surface area contributed by atoms with Crippen molar-refractivity contribution in [1.82, 2.24) is 0 Å². The van der Waals surface area contributed by atoms with Gasteiger partial charge in [0.1, 0.15) is 0 Å². The zero-order valence-electron chi connectivity index (χ0n) is 22.3. The molecule has 0 radical (unpaired) electrons. The van der Waals surface area contributed by atoms with E-state index in [0.29, 0.717) is 6.42 Å². The van der Waals surface area contributed by atoms with E-state index >= 15 is 0 Å². The van der Waals surface area contributed by atoms with Gasteiger partial charge in [0.05, 0.1) is 5.92 Å². The fourth-order valence-corrected chi connectivity index (χ4v) is 5.01. The minimum atomic E-state index is -0.668. The van der Waals surface area contributed by atoms with Crippen molar-refractivity contribution in [3.05, 3.63) is 60.4 Å². The maximum absolute atomic E-state index is 11.9. The predicted molar refractivity (Wildman–Crippen MR) is 147 cm³/mol. The van der Waals surface area contributed by atoms with Gasteiger partial charge in [-0.3, -0.25) is 4.79 Å². The van der Waals surface area contributed by atoms with E-state index in [2.05, 4.69) is 23.6 Å². The summed E-state index contributed by atoms with van der Waals surface area (Å²) < 4.78 is 2.07. The SMILES string of the molecule is CCCCCCCCCCCCCCCCCCC(Cc1ccccc1-[n+]1ccccc1)C(=O)O. The normalized spacial score (nSPS) is 12.0. The van der Waals surface area contributed by atoms with E-state index in [-0.39, 0.29) is 5.92 Å². The van der Waals surface area contributed by atoms with Gasteiger partial charge in [0, 0.05) is 23.8 Å². The molecule has 194 valence electrons. The lowest BCUT2D eigenvalue weighted by Gasteiger charge is -2.13. The third-order valence-corrected chi connectivity index (χ3v) is 7.21. The topological polar surface area (TPSA) is 41.2 Å². The summed E-state index contributed by atoms with van der Waals surface area (Å²) in [6.45, 7) is 2.28. The molecule has 1 heterocycles. The lowest BCUT2D eigenvalue weighted by Crippen LogP contribution is -2.31. The summed E-state index contributed by atoms with van der Waals surface area (Å²) in [7, 11) is 0. The van der Waals surface area contributed by atoms with Gasteiger partial charge < -0.3 is 5.11 Å². The first-order valence-corrected chi connectivity index (χ1v) is 14.5. The Hall–Kier alpha value is -2.16. The highest BCUT2D eigenvalue weighted by Gasteiger charge is 2.21. The van der Waals surface area contributed by atoms with Crippen molar-refractivity contribution < 1.29 is 14.5 Å². The molecule has 3 heteroatoms. The smallest absolute Gasteiger partial charge is 0.306 e. The Kier molecular flexibility index (Phi) is 15.8. The van der Waals surface area contributed by atoms with E-state index < -0.39 is 5.97 Å². The van der Waals surface area contributed by atoms with Crippen molar-refractivity contribution in [2.45, 2.75) is 122 Å². The first-order chi connectivity index (χ1) is 17.2. The first-order valence-electron chi connectivity index (χ1n) is 14.5. The number of nitrogens with zero attached hydrogens (tertiary/aromatic N) is 1. The van der Waals surface area contributed by atoms with Crippen LogP contribution < -0.4 is 4.57 Å². The standard InChI is InChI=1S/C32H49NO2/c1-2-3-4-5-6-7-8-9-10-11-12-13-14-15-16-18-24-30(32(34)35)28-29-23-19-20-25-31(29)33-26-21-17-22-27-33/h17,19-23,25-27,30H,2-16,18,24,28H2,1H3/p+1. The van der Waals surface area contributed by atoms with Gasteiger partial charge in [-0.25, -0.2) is 0 Å². The Morgan fingerprint density at radius 2 is 1.17 bits per heavy atom. The summed E-state index contributed by atoms with van der Waals surface area (Å²) >= 11 is 0. The number of carboxylic acids is 1. The Morgan fingerprint density at radius 1 is 0.686 bits per heavy atom. The van der Waals surface area contributed by atoms with Crippen molar-refractivity contribution in [2.75, 3.05) is 0 Å². The zero-order valence-corrected chi connectivity index (χ0v) is 22.3. The molecule has 3 nitrogen and oxygen atoms in total. The molecular formula is C32H50NO2+. The monoisotopic (exact) mass is 480 g/mol. The molecular weight excluding hydrogens is 430 g/mol. The van der Waals surface area contributed by atoms with Crippen LogP contribution in [0.15, 0.2) is 54.9 Å².